The lowest BCUT2D eigenvalue weighted by molar-refractivity contribution is -0.384. The van der Waals surface area contributed by atoms with Crippen molar-refractivity contribution in [2.24, 2.45) is 0 Å². The third-order valence-electron chi connectivity index (χ3n) is 2.64. The molecule has 0 saturated heterocycles. The largest absolute Gasteiger partial charge is 0.323 e. The fraction of sp³-hybridized carbons (Fsp3) is 0. The van der Waals surface area contributed by atoms with Gasteiger partial charge < -0.3 is 5.32 Å². The van der Waals surface area contributed by atoms with E-state index in [0.717, 1.165) is 0 Å². The number of amides is 1. The molecule has 0 atom stereocenters. The van der Waals surface area contributed by atoms with Gasteiger partial charge in [-0.05, 0) is 48.0 Å². The Hall–Kier alpha value is -2.66. The Kier molecular flexibility index (Phi) is 4.68. The van der Waals surface area contributed by atoms with Crippen LogP contribution in [0.1, 0.15) is 5.56 Å². The number of nitro benzene ring substituents is 1. The molecule has 2 rings (SSSR count). The Labute approximate surface area is 126 Å². The first-order valence-corrected chi connectivity index (χ1v) is 6.41. The standard InChI is InChI=1S/C15H11ClN2O3/c16-12-4-6-13(7-5-12)17-15(19)10-3-11-1-8-14(9-2-11)18(20)21/h1-10H,(H,17,19)/b10-3+. The van der Waals surface area contributed by atoms with E-state index >= 15 is 0 Å². The maximum atomic E-state index is 11.7. The van der Waals surface area contributed by atoms with Crippen LogP contribution >= 0.6 is 11.6 Å². The second-order valence-electron chi connectivity index (χ2n) is 4.18. The Morgan fingerprint density at radius 1 is 1.10 bits per heavy atom. The molecule has 0 bridgehead atoms. The average Bonchev–Trinajstić information content (AvgIpc) is 2.48. The third-order valence-corrected chi connectivity index (χ3v) is 2.89. The van der Waals surface area contributed by atoms with E-state index in [0.29, 0.717) is 16.3 Å². The number of nitrogens with one attached hydrogen (secondary N) is 1. The number of carbonyl (C=O) groups excluding carboxylic acids is 1. The van der Waals surface area contributed by atoms with Crippen LogP contribution < -0.4 is 5.32 Å². The lowest BCUT2D eigenvalue weighted by Crippen LogP contribution is -2.07. The van der Waals surface area contributed by atoms with E-state index < -0.39 is 4.92 Å². The number of hydrogen-bond acceptors (Lipinski definition) is 3. The van der Waals surface area contributed by atoms with Gasteiger partial charge in [0.2, 0.25) is 5.91 Å². The molecule has 0 aliphatic rings. The van der Waals surface area contributed by atoms with Gasteiger partial charge in [-0.2, -0.15) is 0 Å². The van der Waals surface area contributed by atoms with Crippen molar-refractivity contribution in [3.8, 4) is 0 Å². The highest BCUT2D eigenvalue weighted by Gasteiger charge is 2.03. The number of nitro groups is 1. The summed E-state index contributed by atoms with van der Waals surface area (Å²) >= 11 is 5.75. The first kappa shape index (κ1) is 14.7. The van der Waals surface area contributed by atoms with E-state index in [-0.39, 0.29) is 11.6 Å². The molecule has 106 valence electrons. The average molecular weight is 303 g/mol. The molecule has 1 amide bonds. The van der Waals surface area contributed by atoms with Gasteiger partial charge in [-0.15, -0.1) is 0 Å². The number of halogens is 1. The van der Waals surface area contributed by atoms with Crippen LogP contribution in [0.25, 0.3) is 6.08 Å². The minimum absolute atomic E-state index is 0.0118. The van der Waals surface area contributed by atoms with Gasteiger partial charge >= 0.3 is 0 Å². The minimum atomic E-state index is -0.471. The van der Waals surface area contributed by atoms with Crippen molar-refractivity contribution in [3.63, 3.8) is 0 Å². The summed E-state index contributed by atoms with van der Waals surface area (Å²) in [7, 11) is 0. The summed E-state index contributed by atoms with van der Waals surface area (Å²) in [6, 6.07) is 12.7. The number of hydrogen-bond donors (Lipinski definition) is 1. The molecule has 0 unspecified atom stereocenters. The van der Waals surface area contributed by atoms with Crippen molar-refractivity contribution in [2.75, 3.05) is 5.32 Å². The molecule has 6 heteroatoms. The van der Waals surface area contributed by atoms with Crippen molar-refractivity contribution < 1.29 is 9.72 Å². The van der Waals surface area contributed by atoms with Crippen LogP contribution in [0, 0.1) is 10.1 Å². The summed E-state index contributed by atoms with van der Waals surface area (Å²) < 4.78 is 0. The summed E-state index contributed by atoms with van der Waals surface area (Å²) in [5.74, 6) is -0.296. The lowest BCUT2D eigenvalue weighted by Gasteiger charge is -2.01. The quantitative estimate of drug-likeness (QED) is 0.529. The Balaban J connectivity index is 1.98. The van der Waals surface area contributed by atoms with Crippen molar-refractivity contribution >= 4 is 35.0 Å². The van der Waals surface area contributed by atoms with E-state index in [9.17, 15) is 14.9 Å². The maximum absolute atomic E-state index is 11.7. The van der Waals surface area contributed by atoms with Crippen LogP contribution in [0.4, 0.5) is 11.4 Å². The number of carbonyl (C=O) groups is 1. The third kappa shape index (κ3) is 4.43. The minimum Gasteiger partial charge on any atom is -0.323 e. The molecule has 5 nitrogen and oxygen atoms in total. The summed E-state index contributed by atoms with van der Waals surface area (Å²) in [5, 5.41) is 13.8. The summed E-state index contributed by atoms with van der Waals surface area (Å²) in [4.78, 5) is 21.8. The second-order valence-corrected chi connectivity index (χ2v) is 4.61. The lowest BCUT2D eigenvalue weighted by atomic mass is 10.2. The molecule has 0 radical (unpaired) electrons. The molecule has 0 saturated carbocycles. The highest BCUT2D eigenvalue weighted by molar-refractivity contribution is 6.30. The molecule has 0 aliphatic heterocycles. The Bertz CT molecular complexity index is 679. The van der Waals surface area contributed by atoms with E-state index in [1.165, 1.54) is 18.2 Å². The van der Waals surface area contributed by atoms with Gasteiger partial charge in [-0.25, -0.2) is 0 Å². The molecular weight excluding hydrogens is 292 g/mol. The predicted octanol–water partition coefficient (Wildman–Crippen LogP) is 3.90. The van der Waals surface area contributed by atoms with Crippen LogP contribution in [-0.2, 0) is 4.79 Å². The van der Waals surface area contributed by atoms with Crippen LogP contribution in [0.3, 0.4) is 0 Å². The Morgan fingerprint density at radius 3 is 2.29 bits per heavy atom. The number of rotatable bonds is 4. The smallest absolute Gasteiger partial charge is 0.269 e. The van der Waals surface area contributed by atoms with Gasteiger partial charge in [0, 0.05) is 28.9 Å². The first-order chi connectivity index (χ1) is 10.0. The highest BCUT2D eigenvalue weighted by atomic mass is 35.5. The molecule has 2 aromatic rings. The summed E-state index contributed by atoms with van der Waals surface area (Å²) in [6.45, 7) is 0. The molecule has 21 heavy (non-hydrogen) atoms. The Morgan fingerprint density at radius 2 is 1.71 bits per heavy atom. The normalized spacial score (nSPS) is 10.5. The second kappa shape index (κ2) is 6.67. The van der Waals surface area contributed by atoms with E-state index in [1.54, 1.807) is 42.5 Å². The number of non-ortho nitro benzene ring substituents is 1. The molecule has 0 spiro atoms. The molecular formula is C15H11ClN2O3. The summed E-state index contributed by atoms with van der Waals surface area (Å²) in [5.41, 5.74) is 1.35. The van der Waals surface area contributed by atoms with Crippen molar-refractivity contribution in [1.82, 2.24) is 0 Å². The fourth-order valence-electron chi connectivity index (χ4n) is 1.60. The zero-order valence-corrected chi connectivity index (χ0v) is 11.6. The molecule has 0 aliphatic carbocycles. The monoisotopic (exact) mass is 302 g/mol. The summed E-state index contributed by atoms with van der Waals surface area (Å²) in [6.07, 6.45) is 2.94. The first-order valence-electron chi connectivity index (χ1n) is 6.04. The van der Waals surface area contributed by atoms with E-state index in [2.05, 4.69) is 5.32 Å². The van der Waals surface area contributed by atoms with Gasteiger partial charge in [-0.3, -0.25) is 14.9 Å². The van der Waals surface area contributed by atoms with Gasteiger partial charge in [0.25, 0.3) is 5.69 Å². The van der Waals surface area contributed by atoms with Gasteiger partial charge in [0.15, 0.2) is 0 Å². The van der Waals surface area contributed by atoms with E-state index in [4.69, 9.17) is 11.6 Å². The fourth-order valence-corrected chi connectivity index (χ4v) is 1.72. The zero-order valence-electron chi connectivity index (χ0n) is 10.8. The van der Waals surface area contributed by atoms with Crippen molar-refractivity contribution in [3.05, 3.63) is 75.3 Å². The highest BCUT2D eigenvalue weighted by Crippen LogP contribution is 2.14. The molecule has 2 aromatic carbocycles. The van der Waals surface area contributed by atoms with E-state index in [1.807, 2.05) is 0 Å². The van der Waals surface area contributed by atoms with Crippen LogP contribution in [0.15, 0.2) is 54.6 Å². The molecule has 0 aromatic heterocycles. The predicted molar refractivity (Wildman–Crippen MR) is 82.2 cm³/mol. The number of benzene rings is 2. The topological polar surface area (TPSA) is 72.2 Å². The van der Waals surface area contributed by atoms with Gasteiger partial charge in [-0.1, -0.05) is 11.6 Å². The van der Waals surface area contributed by atoms with Gasteiger partial charge in [0.1, 0.15) is 0 Å². The zero-order chi connectivity index (χ0) is 15.2. The SMILES string of the molecule is O=C(/C=C/c1ccc([N+](=O)[O-])cc1)Nc1ccc(Cl)cc1. The molecule has 1 N–H and O–H groups in total. The molecule has 0 heterocycles. The van der Waals surface area contributed by atoms with Crippen LogP contribution in [0.5, 0.6) is 0 Å². The number of nitrogens with zero attached hydrogens (tertiary/aromatic N) is 1. The van der Waals surface area contributed by atoms with Crippen LogP contribution in [-0.4, -0.2) is 10.8 Å². The maximum Gasteiger partial charge on any atom is 0.269 e. The van der Waals surface area contributed by atoms with Crippen molar-refractivity contribution in [1.29, 1.82) is 0 Å². The number of anilines is 1. The van der Waals surface area contributed by atoms with Crippen molar-refractivity contribution in [2.45, 2.75) is 0 Å². The molecule has 0 fully saturated rings. The van der Waals surface area contributed by atoms with Gasteiger partial charge in [0.05, 0.1) is 4.92 Å². The van der Waals surface area contributed by atoms with Crippen LogP contribution in [0.2, 0.25) is 5.02 Å².